The summed E-state index contributed by atoms with van der Waals surface area (Å²) in [5.41, 5.74) is 6.20. The van der Waals surface area contributed by atoms with Gasteiger partial charge in [-0.3, -0.25) is 0 Å². The SMILES string of the molecule is N/C(=N\C(=O)O)c1cccc(C2Cc3cc(Cl)c(F)cc3O2)c1F. The number of carboxylic acid groups (broad SMARTS) is 1. The highest BCUT2D eigenvalue weighted by Crippen LogP contribution is 2.40. The fourth-order valence-corrected chi connectivity index (χ4v) is 2.75. The minimum absolute atomic E-state index is 0.0370. The number of rotatable bonds is 2. The summed E-state index contributed by atoms with van der Waals surface area (Å²) >= 11 is 5.74. The van der Waals surface area contributed by atoms with Crippen LogP contribution >= 0.6 is 11.6 Å². The number of benzene rings is 2. The Morgan fingerprint density at radius 3 is 2.83 bits per heavy atom. The van der Waals surface area contributed by atoms with Crippen LogP contribution in [0.25, 0.3) is 0 Å². The van der Waals surface area contributed by atoms with E-state index in [4.69, 9.17) is 27.2 Å². The minimum Gasteiger partial charge on any atom is -0.485 e. The monoisotopic (exact) mass is 352 g/mol. The van der Waals surface area contributed by atoms with Crippen molar-refractivity contribution in [2.24, 2.45) is 10.7 Å². The van der Waals surface area contributed by atoms with Crippen molar-refractivity contribution < 1.29 is 23.4 Å². The number of aliphatic imine (C=N–C) groups is 1. The smallest absolute Gasteiger partial charge is 0.433 e. The van der Waals surface area contributed by atoms with Crippen molar-refractivity contribution in [1.82, 2.24) is 0 Å². The summed E-state index contributed by atoms with van der Waals surface area (Å²) in [5.74, 6) is -1.52. The number of amidine groups is 1. The molecule has 0 aromatic heterocycles. The van der Waals surface area contributed by atoms with E-state index in [0.29, 0.717) is 17.7 Å². The molecular weight excluding hydrogens is 342 g/mol. The Morgan fingerprint density at radius 2 is 2.12 bits per heavy atom. The van der Waals surface area contributed by atoms with Gasteiger partial charge in [-0.25, -0.2) is 13.6 Å². The summed E-state index contributed by atoms with van der Waals surface area (Å²) < 4.78 is 33.8. The maximum Gasteiger partial charge on any atom is 0.433 e. The number of hydrogen-bond donors (Lipinski definition) is 2. The lowest BCUT2D eigenvalue weighted by Gasteiger charge is -2.14. The van der Waals surface area contributed by atoms with E-state index >= 15 is 0 Å². The van der Waals surface area contributed by atoms with Crippen LogP contribution in [0, 0.1) is 11.6 Å². The van der Waals surface area contributed by atoms with E-state index in [2.05, 4.69) is 4.99 Å². The second kappa shape index (κ2) is 6.09. The van der Waals surface area contributed by atoms with Gasteiger partial charge in [0.1, 0.15) is 29.3 Å². The van der Waals surface area contributed by atoms with Crippen molar-refractivity contribution in [3.05, 3.63) is 63.7 Å². The molecule has 0 aliphatic carbocycles. The van der Waals surface area contributed by atoms with E-state index in [-0.39, 0.29) is 16.1 Å². The molecule has 2 aromatic rings. The second-order valence-electron chi connectivity index (χ2n) is 5.17. The molecule has 0 bridgehead atoms. The number of fused-ring (bicyclic) bond motifs is 1. The molecule has 0 saturated heterocycles. The molecule has 5 nitrogen and oxygen atoms in total. The summed E-state index contributed by atoms with van der Waals surface area (Å²) in [6, 6.07) is 6.91. The molecule has 0 fully saturated rings. The molecule has 2 aromatic carbocycles. The Balaban J connectivity index is 1.96. The van der Waals surface area contributed by atoms with E-state index < -0.39 is 29.7 Å². The van der Waals surface area contributed by atoms with Crippen LogP contribution in [0.1, 0.15) is 22.8 Å². The summed E-state index contributed by atoms with van der Waals surface area (Å²) in [4.78, 5) is 13.7. The lowest BCUT2D eigenvalue weighted by atomic mass is 10.0. The lowest BCUT2D eigenvalue weighted by Crippen LogP contribution is -2.19. The summed E-state index contributed by atoms with van der Waals surface area (Å²) in [7, 11) is 0. The van der Waals surface area contributed by atoms with Crippen LogP contribution in [0.15, 0.2) is 35.3 Å². The van der Waals surface area contributed by atoms with Gasteiger partial charge in [-0.15, -0.1) is 0 Å². The van der Waals surface area contributed by atoms with Gasteiger partial charge in [-0.1, -0.05) is 23.7 Å². The molecule has 0 saturated carbocycles. The number of carbonyl (C=O) groups is 1. The third kappa shape index (κ3) is 2.90. The fourth-order valence-electron chi connectivity index (χ4n) is 2.57. The van der Waals surface area contributed by atoms with Crippen LogP contribution in [0.5, 0.6) is 5.75 Å². The second-order valence-corrected chi connectivity index (χ2v) is 5.58. The molecule has 3 rings (SSSR count). The molecule has 0 radical (unpaired) electrons. The van der Waals surface area contributed by atoms with E-state index in [1.165, 1.54) is 24.3 Å². The molecule has 24 heavy (non-hydrogen) atoms. The molecule has 3 N–H and O–H groups in total. The zero-order valence-corrected chi connectivity index (χ0v) is 12.8. The van der Waals surface area contributed by atoms with Gasteiger partial charge >= 0.3 is 6.09 Å². The van der Waals surface area contributed by atoms with Crippen LogP contribution in [-0.2, 0) is 6.42 Å². The molecule has 0 spiro atoms. The predicted molar refractivity (Wildman–Crippen MR) is 83.6 cm³/mol. The summed E-state index contributed by atoms with van der Waals surface area (Å²) in [6.07, 6.45) is -1.92. The molecule has 1 aliphatic heterocycles. The zero-order valence-electron chi connectivity index (χ0n) is 12.1. The van der Waals surface area contributed by atoms with Crippen molar-refractivity contribution in [1.29, 1.82) is 0 Å². The number of hydrogen-bond acceptors (Lipinski definition) is 2. The first-order valence-corrected chi connectivity index (χ1v) is 7.25. The Kier molecular flexibility index (Phi) is 4.11. The van der Waals surface area contributed by atoms with Crippen molar-refractivity contribution in [2.45, 2.75) is 12.5 Å². The molecule has 124 valence electrons. The number of ether oxygens (including phenoxy) is 1. The predicted octanol–water partition coefficient (Wildman–Crippen LogP) is 3.68. The summed E-state index contributed by atoms with van der Waals surface area (Å²) in [5, 5.41) is 8.59. The van der Waals surface area contributed by atoms with Crippen molar-refractivity contribution in [3.8, 4) is 5.75 Å². The number of halogens is 3. The Hall–Kier alpha value is -2.67. The molecule has 8 heteroatoms. The van der Waals surface area contributed by atoms with Crippen LogP contribution in [0.2, 0.25) is 5.02 Å². The van der Waals surface area contributed by atoms with E-state index in [0.717, 1.165) is 6.07 Å². The van der Waals surface area contributed by atoms with Gasteiger partial charge in [0.15, 0.2) is 0 Å². The number of nitrogens with zero attached hydrogens (tertiary/aromatic N) is 1. The maximum absolute atomic E-state index is 14.7. The van der Waals surface area contributed by atoms with Gasteiger partial charge in [-0.2, -0.15) is 4.99 Å². The van der Waals surface area contributed by atoms with Crippen molar-refractivity contribution >= 4 is 23.5 Å². The largest absolute Gasteiger partial charge is 0.485 e. The van der Waals surface area contributed by atoms with Gasteiger partial charge < -0.3 is 15.6 Å². The Labute approximate surface area is 140 Å². The third-order valence-corrected chi connectivity index (χ3v) is 3.94. The molecule has 1 atom stereocenters. The maximum atomic E-state index is 14.7. The van der Waals surface area contributed by atoms with Crippen LogP contribution in [0.4, 0.5) is 13.6 Å². The van der Waals surface area contributed by atoms with Crippen molar-refractivity contribution in [2.75, 3.05) is 0 Å². The van der Waals surface area contributed by atoms with Gasteiger partial charge in [0.25, 0.3) is 0 Å². The van der Waals surface area contributed by atoms with E-state index in [1.807, 2.05) is 0 Å². The lowest BCUT2D eigenvalue weighted by molar-refractivity contribution is 0.205. The fraction of sp³-hybridized carbons (Fsp3) is 0.125. The third-order valence-electron chi connectivity index (χ3n) is 3.65. The molecular formula is C16H11ClF2N2O3. The zero-order chi connectivity index (χ0) is 17.4. The van der Waals surface area contributed by atoms with Gasteiger partial charge in [-0.05, 0) is 17.7 Å². The first-order chi connectivity index (χ1) is 11.4. The molecule has 1 amide bonds. The quantitative estimate of drug-likeness (QED) is 0.637. The number of amides is 1. The van der Waals surface area contributed by atoms with Crippen molar-refractivity contribution in [3.63, 3.8) is 0 Å². The normalized spacial score (nSPS) is 16.6. The van der Waals surface area contributed by atoms with Crippen LogP contribution in [0.3, 0.4) is 0 Å². The highest BCUT2D eigenvalue weighted by molar-refractivity contribution is 6.30. The first kappa shape index (κ1) is 16.2. The number of nitrogens with two attached hydrogens (primary N) is 1. The summed E-state index contributed by atoms with van der Waals surface area (Å²) in [6.45, 7) is 0. The van der Waals surface area contributed by atoms with Crippen LogP contribution < -0.4 is 10.5 Å². The van der Waals surface area contributed by atoms with Gasteiger partial charge in [0.2, 0.25) is 0 Å². The standard InChI is InChI=1S/C16H11ClF2N2O3/c17-10-4-7-5-13(24-12(7)6-11(10)18)8-2-1-3-9(14(8)19)15(20)21-16(22)23/h1-4,6,13H,5H2,(H2,20,21)(H,22,23). The van der Waals surface area contributed by atoms with E-state index in [1.54, 1.807) is 0 Å². The van der Waals surface area contributed by atoms with Gasteiger partial charge in [0, 0.05) is 18.1 Å². The minimum atomic E-state index is -1.52. The molecule has 1 unspecified atom stereocenters. The Bertz CT molecular complexity index is 840. The molecule has 1 heterocycles. The van der Waals surface area contributed by atoms with Crippen LogP contribution in [-0.4, -0.2) is 17.0 Å². The molecule has 1 aliphatic rings. The van der Waals surface area contributed by atoms with Gasteiger partial charge in [0.05, 0.1) is 10.6 Å². The van der Waals surface area contributed by atoms with E-state index in [9.17, 15) is 13.6 Å². The topological polar surface area (TPSA) is 84.9 Å². The highest BCUT2D eigenvalue weighted by Gasteiger charge is 2.29. The highest BCUT2D eigenvalue weighted by atomic mass is 35.5. The average molecular weight is 353 g/mol. The average Bonchev–Trinajstić information content (AvgIpc) is 2.89. The first-order valence-electron chi connectivity index (χ1n) is 6.87. The Morgan fingerprint density at radius 1 is 1.38 bits per heavy atom.